The number of ether oxygens (including phenoxy) is 1. The highest BCUT2D eigenvalue weighted by atomic mass is 35.5. The number of esters is 1. The zero-order chi connectivity index (χ0) is 16.5. The molecule has 1 saturated heterocycles. The minimum atomic E-state index is -0.123. The zero-order valence-electron chi connectivity index (χ0n) is 14.9. The fraction of sp³-hybridized carbons (Fsp3) is 0.889. The predicted molar refractivity (Wildman–Crippen MR) is 97.3 cm³/mol. The van der Waals surface area contributed by atoms with Gasteiger partial charge in [-0.15, -0.1) is 12.4 Å². The van der Waals surface area contributed by atoms with Crippen LogP contribution in [-0.2, 0) is 14.3 Å². The molecule has 2 aliphatic rings. The van der Waals surface area contributed by atoms with Gasteiger partial charge in [0.1, 0.15) is 0 Å². The van der Waals surface area contributed by atoms with Crippen molar-refractivity contribution >= 4 is 24.3 Å². The van der Waals surface area contributed by atoms with Crippen LogP contribution in [0.2, 0.25) is 0 Å². The van der Waals surface area contributed by atoms with Crippen molar-refractivity contribution in [2.24, 2.45) is 5.92 Å². The lowest BCUT2D eigenvalue weighted by molar-refractivity contribution is -0.140. The van der Waals surface area contributed by atoms with Gasteiger partial charge in [-0.2, -0.15) is 0 Å². The first-order valence-corrected chi connectivity index (χ1v) is 9.31. The van der Waals surface area contributed by atoms with Gasteiger partial charge in [-0.25, -0.2) is 0 Å². The number of carbonyl (C=O) groups is 2. The van der Waals surface area contributed by atoms with Crippen LogP contribution in [0.3, 0.4) is 0 Å². The van der Waals surface area contributed by atoms with Crippen molar-refractivity contribution in [2.75, 3.05) is 13.7 Å². The van der Waals surface area contributed by atoms with Gasteiger partial charge in [0.25, 0.3) is 0 Å². The Hall–Kier alpha value is -0.810. The molecule has 0 bridgehead atoms. The molecule has 0 aromatic rings. The standard InChI is InChI=1S/C18H32N2O3.ClH/c1-23-17(21)11-5-3-2-4-8-12-19-18(22)16-13-14-9-6-7-10-15(14)20-16;/h14-16,20H,2-13H2,1H3,(H,19,22);1H. The molecule has 2 N–H and O–H groups in total. The number of hydrogen-bond acceptors (Lipinski definition) is 4. The van der Waals surface area contributed by atoms with E-state index < -0.39 is 0 Å². The predicted octanol–water partition coefficient (Wildman–Crippen LogP) is 2.96. The molecular weight excluding hydrogens is 328 g/mol. The summed E-state index contributed by atoms with van der Waals surface area (Å²) in [5.74, 6) is 0.779. The molecule has 24 heavy (non-hydrogen) atoms. The van der Waals surface area contributed by atoms with Crippen molar-refractivity contribution in [1.82, 2.24) is 10.6 Å². The van der Waals surface area contributed by atoms with Gasteiger partial charge in [-0.1, -0.05) is 32.1 Å². The number of methoxy groups -OCH3 is 1. The monoisotopic (exact) mass is 360 g/mol. The molecule has 6 heteroatoms. The molecule has 1 aliphatic carbocycles. The first-order chi connectivity index (χ1) is 11.2. The Morgan fingerprint density at radius 2 is 1.79 bits per heavy atom. The fourth-order valence-electron chi connectivity index (χ4n) is 3.88. The van der Waals surface area contributed by atoms with E-state index in [4.69, 9.17) is 0 Å². The number of carbonyl (C=O) groups excluding carboxylic acids is 2. The van der Waals surface area contributed by atoms with Crippen molar-refractivity contribution in [3.63, 3.8) is 0 Å². The minimum absolute atomic E-state index is 0. The molecule has 2 fully saturated rings. The number of amides is 1. The van der Waals surface area contributed by atoms with Gasteiger partial charge < -0.3 is 15.4 Å². The molecule has 0 radical (unpaired) electrons. The molecule has 0 aromatic heterocycles. The average molecular weight is 361 g/mol. The smallest absolute Gasteiger partial charge is 0.305 e. The maximum atomic E-state index is 12.2. The molecule has 3 unspecified atom stereocenters. The van der Waals surface area contributed by atoms with E-state index in [0.29, 0.717) is 18.4 Å². The van der Waals surface area contributed by atoms with Gasteiger partial charge in [0.05, 0.1) is 13.2 Å². The second-order valence-electron chi connectivity index (χ2n) is 6.99. The minimum Gasteiger partial charge on any atom is -0.469 e. The maximum Gasteiger partial charge on any atom is 0.305 e. The summed E-state index contributed by atoms with van der Waals surface area (Å²) in [6, 6.07) is 0.609. The van der Waals surface area contributed by atoms with Crippen LogP contribution in [0.1, 0.15) is 70.6 Å². The van der Waals surface area contributed by atoms with E-state index in [1.165, 1.54) is 32.8 Å². The van der Waals surface area contributed by atoms with Gasteiger partial charge in [0.15, 0.2) is 0 Å². The summed E-state index contributed by atoms with van der Waals surface area (Å²) in [5.41, 5.74) is 0. The van der Waals surface area contributed by atoms with Crippen LogP contribution in [0, 0.1) is 5.92 Å². The number of fused-ring (bicyclic) bond motifs is 1. The van der Waals surface area contributed by atoms with Gasteiger partial charge in [0.2, 0.25) is 5.91 Å². The van der Waals surface area contributed by atoms with Gasteiger partial charge in [-0.3, -0.25) is 9.59 Å². The number of hydrogen-bond donors (Lipinski definition) is 2. The summed E-state index contributed by atoms with van der Waals surface area (Å²) in [5, 5.41) is 6.60. The molecule has 2 rings (SSSR count). The summed E-state index contributed by atoms with van der Waals surface area (Å²) in [6.07, 6.45) is 11.9. The van der Waals surface area contributed by atoms with Crippen LogP contribution >= 0.6 is 12.4 Å². The van der Waals surface area contributed by atoms with Crippen LogP contribution in [0.25, 0.3) is 0 Å². The van der Waals surface area contributed by atoms with Gasteiger partial charge >= 0.3 is 5.97 Å². The summed E-state index contributed by atoms with van der Waals surface area (Å²) in [6.45, 7) is 0.767. The van der Waals surface area contributed by atoms with Crippen LogP contribution in [-0.4, -0.2) is 37.6 Å². The first kappa shape index (κ1) is 21.2. The van der Waals surface area contributed by atoms with Crippen LogP contribution in [0.5, 0.6) is 0 Å². The molecule has 140 valence electrons. The summed E-state index contributed by atoms with van der Waals surface area (Å²) < 4.78 is 4.61. The Morgan fingerprint density at radius 3 is 2.54 bits per heavy atom. The molecule has 0 aromatic carbocycles. The SMILES string of the molecule is COC(=O)CCCCCCCNC(=O)C1CC2CCCCC2N1.Cl. The lowest BCUT2D eigenvalue weighted by Gasteiger charge is -2.24. The maximum absolute atomic E-state index is 12.2. The second kappa shape index (κ2) is 11.7. The third kappa shape index (κ3) is 6.98. The Balaban J connectivity index is 0.00000288. The number of unbranched alkanes of at least 4 members (excludes halogenated alkanes) is 4. The third-order valence-corrected chi connectivity index (χ3v) is 5.26. The molecule has 1 aliphatic heterocycles. The van der Waals surface area contributed by atoms with Crippen LogP contribution < -0.4 is 10.6 Å². The van der Waals surface area contributed by atoms with E-state index in [2.05, 4.69) is 15.4 Å². The zero-order valence-corrected chi connectivity index (χ0v) is 15.7. The third-order valence-electron chi connectivity index (χ3n) is 5.26. The second-order valence-corrected chi connectivity index (χ2v) is 6.99. The Labute approximate surface area is 152 Å². The largest absolute Gasteiger partial charge is 0.469 e. The van der Waals surface area contributed by atoms with Crippen molar-refractivity contribution in [3.8, 4) is 0 Å². The molecule has 1 heterocycles. The molecule has 1 amide bonds. The summed E-state index contributed by atoms with van der Waals surface area (Å²) >= 11 is 0. The van der Waals surface area contributed by atoms with Gasteiger partial charge in [0, 0.05) is 19.0 Å². The Bertz CT molecular complexity index is 378. The van der Waals surface area contributed by atoms with E-state index in [9.17, 15) is 9.59 Å². The molecular formula is C18H33ClN2O3. The van der Waals surface area contributed by atoms with E-state index in [1.54, 1.807) is 0 Å². The van der Waals surface area contributed by atoms with E-state index >= 15 is 0 Å². The molecule has 1 saturated carbocycles. The van der Waals surface area contributed by atoms with Crippen molar-refractivity contribution in [2.45, 2.75) is 82.7 Å². The topological polar surface area (TPSA) is 67.4 Å². The van der Waals surface area contributed by atoms with E-state index in [-0.39, 0.29) is 30.3 Å². The number of nitrogens with one attached hydrogen (secondary N) is 2. The van der Waals surface area contributed by atoms with Crippen LogP contribution in [0.15, 0.2) is 0 Å². The highest BCUT2D eigenvalue weighted by Crippen LogP contribution is 2.33. The van der Waals surface area contributed by atoms with Crippen molar-refractivity contribution in [1.29, 1.82) is 0 Å². The normalized spacial score (nSPS) is 25.5. The fourth-order valence-corrected chi connectivity index (χ4v) is 3.88. The highest BCUT2D eigenvalue weighted by molar-refractivity contribution is 5.85. The number of halogens is 1. The van der Waals surface area contributed by atoms with E-state index in [1.807, 2.05) is 0 Å². The molecule has 0 spiro atoms. The summed E-state index contributed by atoms with van der Waals surface area (Å²) in [4.78, 5) is 23.2. The summed E-state index contributed by atoms with van der Waals surface area (Å²) in [7, 11) is 1.43. The van der Waals surface area contributed by atoms with Crippen molar-refractivity contribution in [3.05, 3.63) is 0 Å². The quantitative estimate of drug-likeness (QED) is 0.490. The Morgan fingerprint density at radius 1 is 1.08 bits per heavy atom. The lowest BCUT2D eigenvalue weighted by atomic mass is 9.85. The lowest BCUT2D eigenvalue weighted by Crippen LogP contribution is -2.43. The number of rotatable bonds is 9. The molecule has 5 nitrogen and oxygen atoms in total. The highest BCUT2D eigenvalue weighted by Gasteiger charge is 2.37. The van der Waals surface area contributed by atoms with E-state index in [0.717, 1.165) is 45.1 Å². The average Bonchev–Trinajstić information content (AvgIpc) is 3.01. The van der Waals surface area contributed by atoms with Gasteiger partial charge in [-0.05, 0) is 38.0 Å². The first-order valence-electron chi connectivity index (χ1n) is 9.31. The van der Waals surface area contributed by atoms with Crippen molar-refractivity contribution < 1.29 is 14.3 Å². The Kier molecular flexibility index (Phi) is 10.3. The van der Waals surface area contributed by atoms with Crippen LogP contribution in [0.4, 0.5) is 0 Å². The molecule has 3 atom stereocenters.